The molecule has 2 aromatic heterocycles. The van der Waals surface area contributed by atoms with E-state index in [9.17, 15) is 9.59 Å². The van der Waals surface area contributed by atoms with E-state index in [1.54, 1.807) is 12.3 Å². The average Bonchev–Trinajstić information content (AvgIpc) is 3.32. The van der Waals surface area contributed by atoms with Gasteiger partial charge in [-0.1, -0.05) is 56.0 Å². The summed E-state index contributed by atoms with van der Waals surface area (Å²) in [6.45, 7) is 1.67. The van der Waals surface area contributed by atoms with Crippen LogP contribution in [0.3, 0.4) is 0 Å². The van der Waals surface area contributed by atoms with Crippen LogP contribution in [-0.4, -0.2) is 30.2 Å². The number of ether oxygens (including phenoxy) is 3. The number of pyridine rings is 1. The highest BCUT2D eigenvalue weighted by molar-refractivity contribution is 5.96. The molecule has 4 aromatic rings. The number of carbonyl (C=O) groups is 2. The number of fused-ring (bicyclic) bond motifs is 1. The Balaban J connectivity index is 1.22. The standard InChI is InChI=1S/C32H37N2O5/c1-33-18-12-15-26(23-33)31(35)38-20-11-6-4-3-5-10-19-34-29-17-16-28(39-24-25-13-8-7-9-14-25)21-27(29)22-30(34)32(36)37-2/h7-9,12-18,21-23H,3-6,10-11,19-20,24H2,1-2H3/q+1. The van der Waals surface area contributed by atoms with Crippen LogP contribution >= 0.6 is 0 Å². The van der Waals surface area contributed by atoms with Crippen LogP contribution in [0, 0.1) is 0 Å². The van der Waals surface area contributed by atoms with E-state index in [-0.39, 0.29) is 11.9 Å². The Kier molecular flexibility index (Phi) is 10.1. The van der Waals surface area contributed by atoms with Crippen molar-refractivity contribution in [1.82, 2.24) is 4.57 Å². The van der Waals surface area contributed by atoms with Gasteiger partial charge in [0.2, 0.25) is 0 Å². The van der Waals surface area contributed by atoms with E-state index in [0.717, 1.165) is 67.3 Å². The summed E-state index contributed by atoms with van der Waals surface area (Å²) in [5.41, 5.74) is 3.23. The molecule has 7 nitrogen and oxygen atoms in total. The molecular weight excluding hydrogens is 492 g/mol. The van der Waals surface area contributed by atoms with E-state index < -0.39 is 0 Å². The SMILES string of the molecule is COC(=O)c1cc2cc(OCc3ccccc3)ccc2n1CCCCCCCCOC(=O)c1ccc[n+](C)c1. The predicted octanol–water partition coefficient (Wildman–Crippen LogP) is 6.03. The smallest absolute Gasteiger partial charge is 0.354 e. The van der Waals surface area contributed by atoms with Gasteiger partial charge in [-0.25, -0.2) is 14.2 Å². The van der Waals surface area contributed by atoms with Gasteiger partial charge in [-0.2, -0.15) is 0 Å². The van der Waals surface area contributed by atoms with Crippen LogP contribution in [0.15, 0.2) is 79.1 Å². The highest BCUT2D eigenvalue weighted by Gasteiger charge is 2.16. The molecule has 0 saturated carbocycles. The number of rotatable bonds is 14. The number of benzene rings is 2. The molecule has 0 radical (unpaired) electrons. The van der Waals surface area contributed by atoms with E-state index in [4.69, 9.17) is 14.2 Å². The molecule has 4 rings (SSSR count). The molecular formula is C32H37N2O5+. The largest absolute Gasteiger partial charge is 0.489 e. The number of nitrogens with zero attached hydrogens (tertiary/aromatic N) is 2. The van der Waals surface area contributed by atoms with Gasteiger partial charge in [-0.05, 0) is 48.7 Å². The third-order valence-electron chi connectivity index (χ3n) is 6.70. The second kappa shape index (κ2) is 14.1. The summed E-state index contributed by atoms with van der Waals surface area (Å²) in [7, 11) is 3.29. The van der Waals surface area contributed by atoms with Gasteiger partial charge >= 0.3 is 11.9 Å². The lowest BCUT2D eigenvalue weighted by Crippen LogP contribution is -2.28. The van der Waals surface area contributed by atoms with Crippen LogP contribution in [0.2, 0.25) is 0 Å². The summed E-state index contributed by atoms with van der Waals surface area (Å²) >= 11 is 0. The van der Waals surface area contributed by atoms with Crippen LogP contribution in [0.25, 0.3) is 10.9 Å². The van der Waals surface area contributed by atoms with Gasteiger partial charge in [0.05, 0.1) is 13.7 Å². The first kappa shape index (κ1) is 27.9. The molecule has 0 spiro atoms. The average molecular weight is 530 g/mol. The molecule has 7 heteroatoms. The molecule has 2 aromatic carbocycles. The number of aryl methyl sites for hydroxylation is 2. The number of hydrogen-bond acceptors (Lipinski definition) is 5. The Morgan fingerprint density at radius 1 is 0.846 bits per heavy atom. The molecule has 0 fully saturated rings. The Morgan fingerprint density at radius 2 is 1.62 bits per heavy atom. The van der Waals surface area contributed by atoms with Crippen molar-refractivity contribution in [2.24, 2.45) is 7.05 Å². The lowest BCUT2D eigenvalue weighted by molar-refractivity contribution is -0.671. The predicted molar refractivity (Wildman–Crippen MR) is 150 cm³/mol. The van der Waals surface area contributed by atoms with Crippen molar-refractivity contribution in [3.63, 3.8) is 0 Å². The molecule has 0 atom stereocenters. The fourth-order valence-corrected chi connectivity index (χ4v) is 4.63. The van der Waals surface area contributed by atoms with Crippen LogP contribution in [0.5, 0.6) is 5.75 Å². The lowest BCUT2D eigenvalue weighted by atomic mass is 10.1. The number of unbranched alkanes of at least 4 members (excludes halogenated alkanes) is 5. The molecule has 2 heterocycles. The first-order valence-electron chi connectivity index (χ1n) is 13.6. The minimum atomic E-state index is -0.336. The third kappa shape index (κ3) is 7.93. The van der Waals surface area contributed by atoms with Gasteiger partial charge in [0, 0.05) is 23.5 Å². The van der Waals surface area contributed by atoms with E-state index in [1.807, 2.05) is 83.0 Å². The Hall–Kier alpha value is -4.13. The fourth-order valence-electron chi connectivity index (χ4n) is 4.63. The molecule has 0 amide bonds. The van der Waals surface area contributed by atoms with Gasteiger partial charge in [-0.3, -0.25) is 0 Å². The van der Waals surface area contributed by atoms with E-state index in [0.29, 0.717) is 24.5 Å². The number of carbonyl (C=O) groups excluding carboxylic acids is 2. The van der Waals surface area contributed by atoms with E-state index in [2.05, 4.69) is 0 Å². The van der Waals surface area contributed by atoms with E-state index >= 15 is 0 Å². The topological polar surface area (TPSA) is 70.6 Å². The Labute approximate surface area is 229 Å². The van der Waals surface area contributed by atoms with Crippen molar-refractivity contribution in [3.8, 4) is 5.75 Å². The van der Waals surface area contributed by atoms with Gasteiger partial charge in [0.15, 0.2) is 12.4 Å². The van der Waals surface area contributed by atoms with Crippen molar-refractivity contribution in [3.05, 3.63) is 95.9 Å². The third-order valence-corrected chi connectivity index (χ3v) is 6.70. The maximum absolute atomic E-state index is 12.5. The number of aromatic nitrogens is 2. The summed E-state index contributed by atoms with van der Waals surface area (Å²) in [4.78, 5) is 24.6. The van der Waals surface area contributed by atoms with Gasteiger partial charge in [0.25, 0.3) is 0 Å². The van der Waals surface area contributed by atoms with Gasteiger partial charge in [0.1, 0.15) is 30.7 Å². The second-order valence-corrected chi connectivity index (χ2v) is 9.68. The summed E-state index contributed by atoms with van der Waals surface area (Å²) in [6, 6.07) is 21.5. The van der Waals surface area contributed by atoms with Crippen molar-refractivity contribution in [1.29, 1.82) is 0 Å². The second-order valence-electron chi connectivity index (χ2n) is 9.68. The quantitative estimate of drug-likeness (QED) is 0.113. The first-order valence-corrected chi connectivity index (χ1v) is 13.6. The zero-order valence-electron chi connectivity index (χ0n) is 22.8. The van der Waals surface area contributed by atoms with Gasteiger partial charge in [-0.15, -0.1) is 0 Å². The van der Waals surface area contributed by atoms with Crippen LogP contribution in [0.1, 0.15) is 64.9 Å². The minimum Gasteiger partial charge on any atom is -0.489 e. The molecule has 0 aliphatic rings. The molecule has 0 aliphatic carbocycles. The molecule has 0 bridgehead atoms. The summed E-state index contributed by atoms with van der Waals surface area (Å²) in [5, 5.41) is 0.958. The highest BCUT2D eigenvalue weighted by Crippen LogP contribution is 2.26. The number of methoxy groups -OCH3 is 1. The van der Waals surface area contributed by atoms with Crippen molar-refractivity contribution in [2.45, 2.75) is 51.7 Å². The molecule has 39 heavy (non-hydrogen) atoms. The zero-order chi connectivity index (χ0) is 27.5. The highest BCUT2D eigenvalue weighted by atomic mass is 16.5. The van der Waals surface area contributed by atoms with Crippen LogP contribution < -0.4 is 9.30 Å². The van der Waals surface area contributed by atoms with Crippen LogP contribution in [0.4, 0.5) is 0 Å². The first-order chi connectivity index (χ1) is 19.0. The lowest BCUT2D eigenvalue weighted by Gasteiger charge is -2.10. The van der Waals surface area contributed by atoms with Crippen LogP contribution in [-0.2, 0) is 29.7 Å². The number of esters is 2. The molecule has 0 N–H and O–H groups in total. The fraction of sp³-hybridized carbons (Fsp3) is 0.344. The molecule has 0 aliphatic heterocycles. The maximum atomic E-state index is 12.5. The summed E-state index contributed by atoms with van der Waals surface area (Å²) in [6.07, 6.45) is 9.70. The Bertz CT molecular complexity index is 1380. The van der Waals surface area contributed by atoms with Crippen molar-refractivity contribution < 1.29 is 28.4 Å². The summed E-state index contributed by atoms with van der Waals surface area (Å²) in [5.74, 6) is 0.154. The zero-order valence-corrected chi connectivity index (χ0v) is 22.8. The normalized spacial score (nSPS) is 10.9. The molecule has 0 unspecified atom stereocenters. The Morgan fingerprint density at radius 3 is 2.38 bits per heavy atom. The minimum absolute atomic E-state index is 0.276. The monoisotopic (exact) mass is 529 g/mol. The number of hydrogen-bond donors (Lipinski definition) is 0. The summed E-state index contributed by atoms with van der Waals surface area (Å²) < 4.78 is 20.3. The molecule has 204 valence electrons. The molecule has 0 saturated heterocycles. The maximum Gasteiger partial charge on any atom is 0.354 e. The van der Waals surface area contributed by atoms with Gasteiger partial charge < -0.3 is 18.8 Å². The van der Waals surface area contributed by atoms with Crippen molar-refractivity contribution >= 4 is 22.8 Å². The van der Waals surface area contributed by atoms with E-state index in [1.165, 1.54) is 7.11 Å². The van der Waals surface area contributed by atoms with Crippen molar-refractivity contribution in [2.75, 3.05) is 13.7 Å².